The molecule has 0 unspecified atom stereocenters. The minimum absolute atomic E-state index is 0. The molecular weight excluding hydrogens is 437 g/mol. The van der Waals surface area contributed by atoms with E-state index < -0.39 is 6.55 Å². The highest BCUT2D eigenvalue weighted by Crippen LogP contribution is 2.13. The van der Waals surface area contributed by atoms with Crippen molar-refractivity contribution in [1.29, 1.82) is 0 Å². The van der Waals surface area contributed by atoms with Gasteiger partial charge in [0.2, 0.25) is 0 Å². The smallest absolute Gasteiger partial charge is 0.319 e. The number of thiazole rings is 1. The number of nitrogens with one attached hydrogen (secondary N) is 2. The second-order valence-electron chi connectivity index (χ2n) is 4.38. The normalized spacial score (nSPS) is 11.4. The molecule has 0 saturated carbocycles. The topological polar surface area (TPSA) is 67.1 Å². The summed E-state index contributed by atoms with van der Waals surface area (Å²) in [6.45, 7) is 0.177. The molecule has 0 saturated heterocycles. The predicted molar refractivity (Wildman–Crippen MR) is 97.4 cm³/mol. The fourth-order valence-electron chi connectivity index (χ4n) is 1.79. The molecule has 0 aliphatic heterocycles. The molecule has 0 radical (unpaired) electrons. The maximum Gasteiger partial charge on any atom is 0.319 e. The van der Waals surface area contributed by atoms with E-state index >= 15 is 0 Å². The van der Waals surface area contributed by atoms with Crippen LogP contribution in [-0.2, 0) is 19.5 Å². The van der Waals surface area contributed by atoms with Crippen molar-refractivity contribution in [3.05, 3.63) is 34.3 Å². The second-order valence-corrected chi connectivity index (χ2v) is 5.58. The fourth-order valence-corrected chi connectivity index (χ4v) is 2.60. The maximum absolute atomic E-state index is 12.7. The van der Waals surface area contributed by atoms with Gasteiger partial charge in [-0.1, -0.05) is 6.92 Å². The fraction of sp³-hybridized carbons (Fsp3) is 0.462. The number of hydrogen-bond acceptors (Lipinski definition) is 4. The average Bonchev–Trinajstić information content (AvgIpc) is 3.16. The molecule has 0 atom stereocenters. The van der Waals surface area contributed by atoms with E-state index in [4.69, 9.17) is 0 Å². The molecule has 0 aliphatic rings. The Bertz CT molecular complexity index is 628. The summed E-state index contributed by atoms with van der Waals surface area (Å²) in [5, 5.41) is 7.01. The van der Waals surface area contributed by atoms with Gasteiger partial charge in [0.25, 0.3) is 0 Å². The Hall–Kier alpha value is -1.30. The summed E-state index contributed by atoms with van der Waals surface area (Å²) in [5.74, 6) is 0.762. The van der Waals surface area contributed by atoms with Gasteiger partial charge in [-0.05, 0) is 6.42 Å². The Kier molecular flexibility index (Phi) is 8.37. The summed E-state index contributed by atoms with van der Waals surface area (Å²) in [4.78, 5) is 13.5. The number of guanidine groups is 1. The summed E-state index contributed by atoms with van der Waals surface area (Å²) in [6, 6.07) is 0. The predicted octanol–water partition coefficient (Wildman–Crippen LogP) is 2.78. The van der Waals surface area contributed by atoms with Crippen molar-refractivity contribution >= 4 is 41.3 Å². The third-order valence-corrected chi connectivity index (χ3v) is 4.10. The van der Waals surface area contributed by atoms with Crippen LogP contribution in [0.5, 0.6) is 0 Å². The van der Waals surface area contributed by atoms with E-state index in [1.165, 1.54) is 17.3 Å². The van der Waals surface area contributed by atoms with Crippen LogP contribution in [0.15, 0.2) is 23.6 Å². The molecule has 0 aliphatic carbocycles. The molecule has 2 heterocycles. The van der Waals surface area contributed by atoms with E-state index in [2.05, 4.69) is 32.5 Å². The van der Waals surface area contributed by atoms with E-state index in [1.807, 2.05) is 6.20 Å². The first-order valence-electron chi connectivity index (χ1n) is 6.82. The molecule has 0 amide bonds. The third-order valence-electron chi connectivity index (χ3n) is 2.95. The number of aromatic nitrogens is 3. The first kappa shape index (κ1) is 19.7. The number of imidazole rings is 1. The lowest BCUT2D eigenvalue weighted by molar-refractivity contribution is 0.0668. The van der Waals surface area contributed by atoms with Crippen LogP contribution in [0.2, 0.25) is 0 Å². The van der Waals surface area contributed by atoms with Crippen molar-refractivity contribution in [3.8, 4) is 0 Å². The van der Waals surface area contributed by atoms with Gasteiger partial charge in [0.15, 0.2) is 5.96 Å². The molecule has 0 spiro atoms. The Labute approximate surface area is 154 Å². The largest absolute Gasteiger partial charge is 0.350 e. The van der Waals surface area contributed by atoms with Gasteiger partial charge in [-0.15, -0.1) is 35.3 Å². The first-order valence-corrected chi connectivity index (χ1v) is 7.63. The zero-order valence-corrected chi connectivity index (χ0v) is 15.9. The molecule has 2 N–H and O–H groups in total. The standard InChI is InChI=1S/C13H18F2N6S.HI/c1-3-9-6-18-11(22-9)8-20-13(16-2)19-7-10-17-4-5-21(10)12(14)15;/h4-6,12H,3,7-8H2,1-2H3,(H2,16,19,20);1H. The highest BCUT2D eigenvalue weighted by molar-refractivity contribution is 14.0. The molecule has 0 bridgehead atoms. The molecule has 10 heteroatoms. The molecule has 2 rings (SSSR count). The number of halogens is 3. The minimum Gasteiger partial charge on any atom is -0.350 e. The molecule has 2 aromatic rings. The first-order chi connectivity index (χ1) is 10.6. The van der Waals surface area contributed by atoms with Gasteiger partial charge in [0, 0.05) is 30.5 Å². The number of aliphatic imine (C=N–C) groups is 1. The summed E-state index contributed by atoms with van der Waals surface area (Å²) in [5.41, 5.74) is 0. The Morgan fingerprint density at radius 3 is 2.70 bits per heavy atom. The van der Waals surface area contributed by atoms with Gasteiger partial charge < -0.3 is 10.6 Å². The second kappa shape index (κ2) is 9.75. The Morgan fingerprint density at radius 2 is 2.09 bits per heavy atom. The Balaban J connectivity index is 0.00000264. The van der Waals surface area contributed by atoms with Crippen LogP contribution in [0, 0.1) is 0 Å². The SMILES string of the molecule is CCc1cnc(CNC(=NC)NCc2nccn2C(F)F)s1.I. The number of aryl methyl sites for hydroxylation is 1. The van der Waals surface area contributed by atoms with Crippen molar-refractivity contribution < 1.29 is 8.78 Å². The summed E-state index contributed by atoms with van der Waals surface area (Å²) in [7, 11) is 1.62. The van der Waals surface area contributed by atoms with Crippen LogP contribution in [0.3, 0.4) is 0 Å². The van der Waals surface area contributed by atoms with Crippen LogP contribution < -0.4 is 10.6 Å². The average molecular weight is 456 g/mol. The summed E-state index contributed by atoms with van der Waals surface area (Å²) < 4.78 is 26.2. The summed E-state index contributed by atoms with van der Waals surface area (Å²) in [6.07, 6.45) is 5.42. The number of alkyl halides is 2. The monoisotopic (exact) mass is 456 g/mol. The van der Waals surface area contributed by atoms with Crippen molar-refractivity contribution in [1.82, 2.24) is 25.2 Å². The highest BCUT2D eigenvalue weighted by Gasteiger charge is 2.11. The molecular formula is C13H19F2IN6S. The third kappa shape index (κ3) is 5.68. The number of nitrogens with zero attached hydrogens (tertiary/aromatic N) is 4. The number of rotatable bonds is 6. The number of hydrogen-bond donors (Lipinski definition) is 2. The Morgan fingerprint density at radius 1 is 1.35 bits per heavy atom. The van der Waals surface area contributed by atoms with E-state index in [1.54, 1.807) is 18.4 Å². The van der Waals surface area contributed by atoms with Crippen LogP contribution in [-0.4, -0.2) is 27.5 Å². The molecule has 0 fully saturated rings. The van der Waals surface area contributed by atoms with E-state index in [9.17, 15) is 8.78 Å². The van der Waals surface area contributed by atoms with Crippen LogP contribution in [0.1, 0.15) is 29.2 Å². The van der Waals surface area contributed by atoms with Gasteiger partial charge in [0.1, 0.15) is 10.8 Å². The lowest BCUT2D eigenvalue weighted by Crippen LogP contribution is -2.37. The molecule has 0 aromatic carbocycles. The van der Waals surface area contributed by atoms with E-state index in [0.29, 0.717) is 12.5 Å². The zero-order chi connectivity index (χ0) is 15.9. The van der Waals surface area contributed by atoms with Gasteiger partial charge in [-0.2, -0.15) is 8.78 Å². The molecule has 6 nitrogen and oxygen atoms in total. The summed E-state index contributed by atoms with van der Waals surface area (Å²) >= 11 is 1.64. The van der Waals surface area contributed by atoms with Crippen molar-refractivity contribution in [3.63, 3.8) is 0 Å². The van der Waals surface area contributed by atoms with Gasteiger partial charge in [-0.3, -0.25) is 9.56 Å². The minimum atomic E-state index is -2.60. The highest BCUT2D eigenvalue weighted by atomic mass is 127. The van der Waals surface area contributed by atoms with Crippen molar-refractivity contribution in [2.75, 3.05) is 7.05 Å². The van der Waals surface area contributed by atoms with E-state index in [0.717, 1.165) is 16.0 Å². The van der Waals surface area contributed by atoms with Gasteiger partial charge in [0.05, 0.1) is 13.1 Å². The van der Waals surface area contributed by atoms with Gasteiger partial charge >= 0.3 is 6.55 Å². The van der Waals surface area contributed by atoms with Gasteiger partial charge in [-0.25, -0.2) is 9.97 Å². The molecule has 23 heavy (non-hydrogen) atoms. The quantitative estimate of drug-likeness (QED) is 0.399. The molecule has 128 valence electrons. The van der Waals surface area contributed by atoms with Crippen LogP contribution >= 0.6 is 35.3 Å². The lowest BCUT2D eigenvalue weighted by Gasteiger charge is -2.11. The zero-order valence-electron chi connectivity index (χ0n) is 12.8. The van der Waals surface area contributed by atoms with E-state index in [-0.39, 0.29) is 36.3 Å². The van der Waals surface area contributed by atoms with Crippen molar-refractivity contribution in [2.24, 2.45) is 4.99 Å². The maximum atomic E-state index is 12.7. The molecule has 2 aromatic heterocycles. The van der Waals surface area contributed by atoms with Crippen molar-refractivity contribution in [2.45, 2.75) is 33.0 Å². The lowest BCUT2D eigenvalue weighted by atomic mass is 10.4. The van der Waals surface area contributed by atoms with Crippen LogP contribution in [0.4, 0.5) is 8.78 Å². The van der Waals surface area contributed by atoms with Crippen LogP contribution in [0.25, 0.3) is 0 Å².